The number of Topliss-reactive ketones (excluding diaryl/α,β-unsaturated/α-hetero) is 1. The highest BCUT2D eigenvalue weighted by atomic mass is 16.5. The summed E-state index contributed by atoms with van der Waals surface area (Å²) in [6.45, 7) is 4.00. The number of methoxy groups -OCH3 is 1. The van der Waals surface area contributed by atoms with E-state index in [1.807, 2.05) is 0 Å². The van der Waals surface area contributed by atoms with Gasteiger partial charge in [-0.1, -0.05) is 96.8 Å². The lowest BCUT2D eigenvalue weighted by atomic mass is 9.96. The number of rotatable bonds is 19. The smallest absolute Gasteiger partial charge is 0.375 e. The van der Waals surface area contributed by atoms with Crippen molar-refractivity contribution in [1.29, 1.82) is 0 Å². The average molecular weight is 399 g/mol. The molecule has 0 aliphatic heterocycles. The first kappa shape index (κ1) is 26.6. The van der Waals surface area contributed by atoms with Crippen molar-refractivity contribution in [1.82, 2.24) is 0 Å². The monoisotopic (exact) mass is 398 g/mol. The summed E-state index contributed by atoms with van der Waals surface area (Å²) in [5.41, 5.74) is 0. The second-order valence-electron chi connectivity index (χ2n) is 7.55. The number of hydrogen-bond donors (Lipinski definition) is 0. The summed E-state index contributed by atoms with van der Waals surface area (Å²) < 4.78 is 9.37. The summed E-state index contributed by atoms with van der Waals surface area (Å²) in [6, 6.07) is 0. The Hall–Kier alpha value is -1.39. The maximum atomic E-state index is 12.0. The molecule has 0 N–H and O–H groups in total. The molecule has 0 aliphatic carbocycles. The second-order valence-corrected chi connectivity index (χ2v) is 7.55. The quantitative estimate of drug-likeness (QED) is 0.119. The third-order valence-electron chi connectivity index (χ3n) is 5.13. The molecule has 0 aliphatic rings. The zero-order valence-corrected chi connectivity index (χ0v) is 18.4. The molecule has 0 bridgehead atoms. The first-order chi connectivity index (χ1) is 13.6. The van der Waals surface area contributed by atoms with Gasteiger partial charge in [0.2, 0.25) is 0 Å². The Balaban J connectivity index is 3.71. The van der Waals surface area contributed by atoms with Crippen LogP contribution in [0.4, 0.5) is 0 Å². The van der Waals surface area contributed by atoms with Crippen molar-refractivity contribution in [3.05, 3.63) is 0 Å². The van der Waals surface area contributed by atoms with Gasteiger partial charge in [-0.05, 0) is 13.3 Å². The van der Waals surface area contributed by atoms with Gasteiger partial charge in [0, 0.05) is 0 Å². The van der Waals surface area contributed by atoms with Gasteiger partial charge in [0.25, 0.3) is 5.78 Å². The fourth-order valence-electron chi connectivity index (χ4n) is 3.39. The van der Waals surface area contributed by atoms with E-state index in [2.05, 4.69) is 11.7 Å². The summed E-state index contributed by atoms with van der Waals surface area (Å²) in [5.74, 6) is -3.40. The highest BCUT2D eigenvalue weighted by Gasteiger charge is 2.32. The van der Waals surface area contributed by atoms with E-state index in [1.165, 1.54) is 77.7 Å². The molecule has 0 rings (SSSR count). The Morgan fingerprint density at radius 2 is 1.11 bits per heavy atom. The van der Waals surface area contributed by atoms with Crippen molar-refractivity contribution in [3.8, 4) is 0 Å². The number of hydrogen-bond acceptors (Lipinski definition) is 5. The molecule has 28 heavy (non-hydrogen) atoms. The SMILES string of the molecule is CCCCCCCCCCCCCCCCC(C(=O)OC)C(=O)C(=O)OCC. The molecule has 1 unspecified atom stereocenters. The molecular weight excluding hydrogens is 356 g/mol. The first-order valence-corrected chi connectivity index (χ1v) is 11.4. The van der Waals surface area contributed by atoms with Gasteiger partial charge in [-0.3, -0.25) is 9.59 Å². The van der Waals surface area contributed by atoms with Gasteiger partial charge < -0.3 is 9.47 Å². The number of ketones is 1. The molecular formula is C23H42O5. The molecule has 0 aromatic carbocycles. The molecule has 5 nitrogen and oxygen atoms in total. The van der Waals surface area contributed by atoms with E-state index in [-0.39, 0.29) is 6.61 Å². The zero-order valence-electron chi connectivity index (χ0n) is 18.4. The van der Waals surface area contributed by atoms with Crippen molar-refractivity contribution < 1.29 is 23.9 Å². The third-order valence-corrected chi connectivity index (χ3v) is 5.13. The molecule has 0 amide bonds. The van der Waals surface area contributed by atoms with Gasteiger partial charge >= 0.3 is 11.9 Å². The normalized spacial score (nSPS) is 11.8. The molecule has 0 heterocycles. The van der Waals surface area contributed by atoms with Crippen molar-refractivity contribution >= 4 is 17.7 Å². The van der Waals surface area contributed by atoms with Crippen LogP contribution in [0.3, 0.4) is 0 Å². The van der Waals surface area contributed by atoms with Crippen LogP contribution < -0.4 is 0 Å². The minimum Gasteiger partial charge on any atom is -0.468 e. The summed E-state index contributed by atoms with van der Waals surface area (Å²) >= 11 is 0. The molecule has 164 valence electrons. The number of carbonyl (C=O) groups is 3. The largest absolute Gasteiger partial charge is 0.468 e. The number of unbranched alkanes of at least 4 members (excludes halogenated alkanes) is 13. The minimum atomic E-state index is -1.03. The van der Waals surface area contributed by atoms with Gasteiger partial charge in [0.15, 0.2) is 0 Å². The maximum absolute atomic E-state index is 12.0. The van der Waals surface area contributed by atoms with E-state index < -0.39 is 23.6 Å². The van der Waals surface area contributed by atoms with Crippen LogP contribution in [0.2, 0.25) is 0 Å². The average Bonchev–Trinajstić information content (AvgIpc) is 2.70. The molecule has 0 radical (unpaired) electrons. The van der Waals surface area contributed by atoms with Crippen LogP contribution >= 0.6 is 0 Å². The fraction of sp³-hybridized carbons (Fsp3) is 0.870. The standard InChI is InChI=1S/C23H42O5/c1-4-6-7-8-9-10-11-12-13-14-15-16-17-18-19-20(22(25)27-3)21(24)23(26)28-5-2/h20H,4-19H2,1-3H3. The van der Waals surface area contributed by atoms with Crippen molar-refractivity contribution in [2.45, 2.75) is 110 Å². The summed E-state index contributed by atoms with van der Waals surface area (Å²) in [6.07, 6.45) is 17.8. The molecule has 0 saturated heterocycles. The molecule has 0 aromatic heterocycles. The number of esters is 2. The van der Waals surface area contributed by atoms with Gasteiger partial charge in [0.05, 0.1) is 13.7 Å². The predicted octanol–water partition coefficient (Wildman–Crippen LogP) is 5.78. The van der Waals surface area contributed by atoms with Crippen molar-refractivity contribution in [3.63, 3.8) is 0 Å². The molecule has 5 heteroatoms. The Morgan fingerprint density at radius 3 is 1.50 bits per heavy atom. The number of carbonyl (C=O) groups excluding carboxylic acids is 3. The van der Waals surface area contributed by atoms with Crippen molar-refractivity contribution in [2.24, 2.45) is 5.92 Å². The highest BCUT2D eigenvalue weighted by Crippen LogP contribution is 2.17. The minimum absolute atomic E-state index is 0.122. The zero-order chi connectivity index (χ0) is 21.0. The van der Waals surface area contributed by atoms with Crippen LogP contribution in [0.5, 0.6) is 0 Å². The van der Waals surface area contributed by atoms with Crippen LogP contribution in [0.1, 0.15) is 110 Å². The molecule has 0 saturated carbocycles. The summed E-state index contributed by atoms with van der Waals surface area (Å²) in [4.78, 5) is 35.4. The Kier molecular flexibility index (Phi) is 18.0. The third kappa shape index (κ3) is 13.7. The van der Waals surface area contributed by atoms with Gasteiger partial charge in [-0.2, -0.15) is 0 Å². The second kappa shape index (κ2) is 18.9. The maximum Gasteiger partial charge on any atom is 0.375 e. The summed E-state index contributed by atoms with van der Waals surface area (Å²) in [5, 5.41) is 0. The van der Waals surface area contributed by atoms with E-state index >= 15 is 0 Å². The Bertz CT molecular complexity index is 419. The molecule has 1 atom stereocenters. The van der Waals surface area contributed by atoms with Crippen LogP contribution in [-0.2, 0) is 23.9 Å². The lowest BCUT2D eigenvalue weighted by molar-refractivity contribution is -0.161. The topological polar surface area (TPSA) is 69.7 Å². The lowest BCUT2D eigenvalue weighted by Gasteiger charge is -2.12. The van der Waals surface area contributed by atoms with Crippen LogP contribution in [0.25, 0.3) is 0 Å². The van der Waals surface area contributed by atoms with E-state index in [0.717, 1.165) is 19.3 Å². The van der Waals surface area contributed by atoms with Gasteiger partial charge in [0.1, 0.15) is 5.92 Å². The van der Waals surface area contributed by atoms with Crippen molar-refractivity contribution in [2.75, 3.05) is 13.7 Å². The molecule has 0 aromatic rings. The highest BCUT2D eigenvalue weighted by molar-refractivity contribution is 6.37. The van der Waals surface area contributed by atoms with E-state index in [1.54, 1.807) is 6.92 Å². The van der Waals surface area contributed by atoms with Crippen LogP contribution in [-0.4, -0.2) is 31.4 Å². The van der Waals surface area contributed by atoms with Gasteiger partial charge in [-0.15, -0.1) is 0 Å². The fourth-order valence-corrected chi connectivity index (χ4v) is 3.39. The lowest BCUT2D eigenvalue weighted by Crippen LogP contribution is -2.32. The van der Waals surface area contributed by atoms with Crippen LogP contribution in [0, 0.1) is 5.92 Å². The van der Waals surface area contributed by atoms with Crippen LogP contribution in [0.15, 0.2) is 0 Å². The first-order valence-electron chi connectivity index (χ1n) is 11.4. The predicted molar refractivity (Wildman–Crippen MR) is 112 cm³/mol. The molecule has 0 fully saturated rings. The van der Waals surface area contributed by atoms with Gasteiger partial charge in [-0.25, -0.2) is 4.79 Å². The summed E-state index contributed by atoms with van der Waals surface area (Å²) in [7, 11) is 1.24. The Morgan fingerprint density at radius 1 is 0.679 bits per heavy atom. The number of ether oxygens (including phenoxy) is 2. The molecule has 0 spiro atoms. The van der Waals surface area contributed by atoms with E-state index in [4.69, 9.17) is 4.74 Å². The Labute approximate surface area is 171 Å². The van der Waals surface area contributed by atoms with E-state index in [0.29, 0.717) is 6.42 Å². The van der Waals surface area contributed by atoms with E-state index in [9.17, 15) is 14.4 Å².